The van der Waals surface area contributed by atoms with E-state index in [0.717, 1.165) is 40.7 Å². The van der Waals surface area contributed by atoms with E-state index in [1.165, 1.54) is 11.3 Å². The lowest BCUT2D eigenvalue weighted by atomic mass is 10.1. The summed E-state index contributed by atoms with van der Waals surface area (Å²) in [7, 11) is 0. The van der Waals surface area contributed by atoms with E-state index in [4.69, 9.17) is 0 Å². The average Bonchev–Trinajstić information content (AvgIpc) is 3.46. The number of amides is 1. The van der Waals surface area contributed by atoms with Crippen LogP contribution in [0.3, 0.4) is 0 Å². The molecule has 1 atom stereocenters. The fraction of sp³-hybridized carbons (Fsp3) is 0.400. The second kappa shape index (κ2) is 8.97. The maximum absolute atomic E-state index is 12.8. The number of carbonyl (C=O) groups is 1. The Hall–Kier alpha value is -2.72. The molecule has 8 nitrogen and oxygen atoms in total. The van der Waals surface area contributed by atoms with Gasteiger partial charge in [-0.3, -0.25) is 4.79 Å². The number of aromatic nitrogens is 5. The molecular formula is C20H23N7OS2. The van der Waals surface area contributed by atoms with Crippen molar-refractivity contribution < 1.29 is 4.79 Å². The Kier molecular flexibility index (Phi) is 6.14. The number of hydrogen-bond acceptors (Lipinski definition) is 9. The van der Waals surface area contributed by atoms with Crippen LogP contribution in [-0.4, -0.2) is 42.5 Å². The van der Waals surface area contributed by atoms with Crippen molar-refractivity contribution in [2.45, 2.75) is 46.1 Å². The van der Waals surface area contributed by atoms with Crippen LogP contribution in [0, 0.1) is 13.8 Å². The van der Waals surface area contributed by atoms with Gasteiger partial charge in [0.1, 0.15) is 16.6 Å². The number of aryl methyl sites for hydroxylation is 3. The van der Waals surface area contributed by atoms with Gasteiger partial charge in [0.05, 0.1) is 22.4 Å². The molecule has 1 fully saturated rings. The number of rotatable bonds is 6. The molecule has 156 valence electrons. The van der Waals surface area contributed by atoms with Gasteiger partial charge in [0.2, 0.25) is 11.0 Å². The van der Waals surface area contributed by atoms with Crippen molar-refractivity contribution in [1.29, 1.82) is 0 Å². The van der Waals surface area contributed by atoms with E-state index in [9.17, 15) is 4.79 Å². The van der Waals surface area contributed by atoms with E-state index in [2.05, 4.69) is 30.5 Å². The van der Waals surface area contributed by atoms with Crippen molar-refractivity contribution in [2.24, 2.45) is 0 Å². The molecule has 3 aromatic heterocycles. The highest BCUT2D eigenvalue weighted by molar-refractivity contribution is 7.15. The van der Waals surface area contributed by atoms with E-state index in [1.54, 1.807) is 23.5 Å². The van der Waals surface area contributed by atoms with Crippen LogP contribution in [0.4, 0.5) is 10.9 Å². The predicted octanol–water partition coefficient (Wildman–Crippen LogP) is 4.08. The molecule has 0 spiro atoms. The standard InChI is InChI=1S/C20H23N7OS2/c1-4-18-25-26-20(30-18)24-17-10-15(21-12(2)22-17)16-6-5-9-27(16)19(28)8-7-14-11-29-13(3)23-14/h7-8,10-11,16H,4-6,9H2,1-3H3,(H,21,22,24,26)/b8-7+. The molecule has 10 heteroatoms. The van der Waals surface area contributed by atoms with E-state index in [1.807, 2.05) is 37.1 Å². The third-order valence-electron chi connectivity index (χ3n) is 4.77. The molecule has 1 aliphatic rings. The molecule has 1 aliphatic heterocycles. The molecule has 1 amide bonds. The fourth-order valence-corrected chi connectivity index (χ4v) is 4.70. The van der Waals surface area contributed by atoms with Crippen molar-refractivity contribution >= 4 is 45.6 Å². The molecule has 4 rings (SSSR count). The number of thiazole rings is 1. The number of likely N-dealkylation sites (tertiary alicyclic amines) is 1. The van der Waals surface area contributed by atoms with E-state index in [0.29, 0.717) is 23.3 Å². The molecule has 0 aromatic carbocycles. The highest BCUT2D eigenvalue weighted by Gasteiger charge is 2.30. The van der Waals surface area contributed by atoms with Crippen LogP contribution >= 0.6 is 22.7 Å². The largest absolute Gasteiger partial charge is 0.331 e. The van der Waals surface area contributed by atoms with Crippen LogP contribution in [0.15, 0.2) is 17.5 Å². The topological polar surface area (TPSA) is 96.8 Å². The summed E-state index contributed by atoms with van der Waals surface area (Å²) >= 11 is 3.08. The van der Waals surface area contributed by atoms with E-state index in [-0.39, 0.29) is 11.9 Å². The molecule has 1 saturated heterocycles. The molecule has 4 heterocycles. The van der Waals surface area contributed by atoms with Gasteiger partial charge < -0.3 is 10.2 Å². The zero-order valence-electron chi connectivity index (χ0n) is 17.1. The lowest BCUT2D eigenvalue weighted by molar-refractivity contribution is -0.126. The molecular weight excluding hydrogens is 418 g/mol. The first-order chi connectivity index (χ1) is 14.5. The zero-order valence-corrected chi connectivity index (χ0v) is 18.8. The summed E-state index contributed by atoms with van der Waals surface area (Å²) in [6.07, 6.45) is 6.06. The zero-order chi connectivity index (χ0) is 21.1. The Morgan fingerprint density at radius 3 is 2.90 bits per heavy atom. The predicted molar refractivity (Wildman–Crippen MR) is 119 cm³/mol. The normalized spacial score (nSPS) is 16.5. The number of hydrogen-bond donors (Lipinski definition) is 1. The third kappa shape index (κ3) is 4.71. The minimum Gasteiger partial charge on any atom is -0.331 e. The van der Waals surface area contributed by atoms with Crippen molar-refractivity contribution in [3.05, 3.63) is 44.7 Å². The lowest BCUT2D eigenvalue weighted by Gasteiger charge is -2.23. The Balaban J connectivity index is 1.52. The summed E-state index contributed by atoms with van der Waals surface area (Å²) in [4.78, 5) is 28.2. The molecule has 0 saturated carbocycles. The highest BCUT2D eigenvalue weighted by Crippen LogP contribution is 2.32. The summed E-state index contributed by atoms with van der Waals surface area (Å²) < 4.78 is 0. The minimum absolute atomic E-state index is 0.0226. The van der Waals surface area contributed by atoms with Gasteiger partial charge in [0.25, 0.3) is 0 Å². The summed E-state index contributed by atoms with van der Waals surface area (Å²) in [5, 5.41) is 16.1. The molecule has 1 unspecified atom stereocenters. The van der Waals surface area contributed by atoms with E-state index < -0.39 is 0 Å². The number of nitrogens with zero attached hydrogens (tertiary/aromatic N) is 6. The van der Waals surface area contributed by atoms with Gasteiger partial charge in [0.15, 0.2) is 0 Å². The van der Waals surface area contributed by atoms with Crippen LogP contribution in [0.1, 0.15) is 53.0 Å². The van der Waals surface area contributed by atoms with Crippen LogP contribution in [0.25, 0.3) is 6.08 Å². The minimum atomic E-state index is -0.0674. The molecule has 0 bridgehead atoms. The number of anilines is 2. The summed E-state index contributed by atoms with van der Waals surface area (Å²) in [6.45, 7) is 6.57. The van der Waals surface area contributed by atoms with Gasteiger partial charge in [-0.15, -0.1) is 21.5 Å². The van der Waals surface area contributed by atoms with Crippen molar-refractivity contribution in [1.82, 2.24) is 30.0 Å². The molecule has 1 N–H and O–H groups in total. The monoisotopic (exact) mass is 441 g/mol. The van der Waals surface area contributed by atoms with Gasteiger partial charge in [-0.05, 0) is 39.2 Å². The van der Waals surface area contributed by atoms with Crippen LogP contribution < -0.4 is 5.32 Å². The number of nitrogens with one attached hydrogen (secondary N) is 1. The first-order valence-electron chi connectivity index (χ1n) is 9.87. The molecule has 3 aromatic rings. The van der Waals surface area contributed by atoms with Gasteiger partial charge in [0, 0.05) is 24.1 Å². The molecule has 30 heavy (non-hydrogen) atoms. The number of carbonyl (C=O) groups excluding carboxylic acids is 1. The first kappa shape index (κ1) is 20.5. The molecule has 0 aliphatic carbocycles. The second-order valence-electron chi connectivity index (χ2n) is 7.02. The Morgan fingerprint density at radius 2 is 2.17 bits per heavy atom. The smallest absolute Gasteiger partial charge is 0.247 e. The summed E-state index contributed by atoms with van der Waals surface area (Å²) in [6, 6.07) is 1.84. The van der Waals surface area contributed by atoms with Crippen molar-refractivity contribution in [2.75, 3.05) is 11.9 Å². The van der Waals surface area contributed by atoms with Gasteiger partial charge in [-0.2, -0.15) is 0 Å². The highest BCUT2D eigenvalue weighted by atomic mass is 32.1. The van der Waals surface area contributed by atoms with Crippen molar-refractivity contribution in [3.8, 4) is 0 Å². The molecule has 0 radical (unpaired) electrons. The van der Waals surface area contributed by atoms with Crippen LogP contribution in [0.2, 0.25) is 0 Å². The Morgan fingerprint density at radius 1 is 1.30 bits per heavy atom. The SMILES string of the molecule is CCc1nnc(Nc2cc(C3CCCN3C(=O)/C=C/c3csc(C)n3)nc(C)n2)s1. The van der Waals surface area contributed by atoms with E-state index >= 15 is 0 Å². The quantitative estimate of drug-likeness (QED) is 0.576. The fourth-order valence-electron chi connectivity index (χ4n) is 3.43. The van der Waals surface area contributed by atoms with Crippen molar-refractivity contribution in [3.63, 3.8) is 0 Å². The third-order valence-corrected chi connectivity index (χ3v) is 6.55. The van der Waals surface area contributed by atoms with Gasteiger partial charge in [-0.25, -0.2) is 15.0 Å². The summed E-state index contributed by atoms with van der Waals surface area (Å²) in [5.41, 5.74) is 1.66. The maximum Gasteiger partial charge on any atom is 0.247 e. The first-order valence-corrected chi connectivity index (χ1v) is 11.6. The lowest BCUT2D eigenvalue weighted by Crippen LogP contribution is -2.29. The van der Waals surface area contributed by atoms with Crippen LogP contribution in [0.5, 0.6) is 0 Å². The Labute approximate surface area is 183 Å². The van der Waals surface area contributed by atoms with Crippen LogP contribution in [-0.2, 0) is 11.2 Å². The second-order valence-corrected chi connectivity index (χ2v) is 9.14. The van der Waals surface area contributed by atoms with Gasteiger partial charge >= 0.3 is 0 Å². The average molecular weight is 442 g/mol. The van der Waals surface area contributed by atoms with Gasteiger partial charge in [-0.1, -0.05) is 18.3 Å². The maximum atomic E-state index is 12.8. The summed E-state index contributed by atoms with van der Waals surface area (Å²) in [5.74, 6) is 1.30. The Bertz CT molecular complexity index is 1070.